The number of rotatable bonds is 3. The number of carbonyl (C=O) groups is 1. The van der Waals surface area contributed by atoms with E-state index in [0.717, 1.165) is 24.0 Å². The molecular weight excluding hydrogens is 242 g/mol. The monoisotopic (exact) mass is 255 g/mol. The van der Waals surface area contributed by atoms with Crippen LogP contribution in [-0.2, 0) is 4.79 Å². The lowest BCUT2D eigenvalue weighted by atomic mass is 10.1. The summed E-state index contributed by atoms with van der Waals surface area (Å²) in [6.07, 6.45) is 5.21. The highest BCUT2D eigenvalue weighted by molar-refractivity contribution is 5.77. The Balaban J connectivity index is 1.74. The molecule has 1 fully saturated rings. The van der Waals surface area contributed by atoms with Gasteiger partial charge >= 0.3 is 5.97 Å². The molecule has 0 atom stereocenters. The number of nitrogens with two attached hydrogens (primary N) is 1. The smallest absolute Gasteiger partial charge is 0.314 e. The summed E-state index contributed by atoms with van der Waals surface area (Å²) in [5.41, 5.74) is 7.26. The maximum Gasteiger partial charge on any atom is 0.314 e. The number of benzene rings is 1. The molecule has 19 heavy (non-hydrogen) atoms. The van der Waals surface area contributed by atoms with Gasteiger partial charge in [-0.3, -0.25) is 4.79 Å². The van der Waals surface area contributed by atoms with Crippen LogP contribution in [0, 0.1) is 5.92 Å². The van der Waals surface area contributed by atoms with E-state index in [1.54, 1.807) is 24.5 Å². The normalized spacial score (nSPS) is 14.1. The van der Waals surface area contributed by atoms with E-state index in [1.165, 1.54) is 0 Å². The minimum atomic E-state index is -0.136. The van der Waals surface area contributed by atoms with Crippen molar-refractivity contribution in [1.82, 2.24) is 9.97 Å². The van der Waals surface area contributed by atoms with Gasteiger partial charge in [0.1, 0.15) is 5.75 Å². The fourth-order valence-electron chi connectivity index (χ4n) is 1.72. The first-order chi connectivity index (χ1) is 9.22. The second-order valence-electron chi connectivity index (χ2n) is 4.55. The first-order valence-corrected chi connectivity index (χ1v) is 6.12. The number of aromatic nitrogens is 2. The number of esters is 1. The zero-order valence-corrected chi connectivity index (χ0v) is 10.2. The number of carbonyl (C=O) groups excluding carboxylic acids is 1. The van der Waals surface area contributed by atoms with Crippen LogP contribution in [0.4, 0.5) is 5.95 Å². The molecule has 0 radical (unpaired) electrons. The highest BCUT2D eigenvalue weighted by Gasteiger charge is 2.31. The number of ether oxygens (including phenoxy) is 1. The molecule has 0 amide bonds. The number of nitrogen functional groups attached to an aromatic ring is 1. The minimum Gasteiger partial charge on any atom is -0.426 e. The standard InChI is InChI=1S/C14H13N3O2/c15-14-16-7-11(8-17-14)9-3-5-12(6-4-9)19-13(18)10-1-2-10/h3-8,10H,1-2H2,(H2,15,16,17). The van der Waals surface area contributed by atoms with Gasteiger partial charge in [0.2, 0.25) is 5.95 Å². The summed E-state index contributed by atoms with van der Waals surface area (Å²) in [5, 5.41) is 0. The summed E-state index contributed by atoms with van der Waals surface area (Å²) in [6, 6.07) is 7.27. The molecule has 96 valence electrons. The quantitative estimate of drug-likeness (QED) is 0.670. The predicted octanol–water partition coefficient (Wildman–Crippen LogP) is 2.04. The van der Waals surface area contributed by atoms with Crippen molar-refractivity contribution in [3.8, 4) is 16.9 Å². The van der Waals surface area contributed by atoms with Gasteiger partial charge in [-0.2, -0.15) is 0 Å². The van der Waals surface area contributed by atoms with Crippen molar-refractivity contribution < 1.29 is 9.53 Å². The zero-order valence-electron chi connectivity index (χ0n) is 10.2. The summed E-state index contributed by atoms with van der Waals surface area (Å²) < 4.78 is 5.26. The van der Waals surface area contributed by atoms with E-state index in [-0.39, 0.29) is 17.8 Å². The summed E-state index contributed by atoms with van der Waals surface area (Å²) in [6.45, 7) is 0. The topological polar surface area (TPSA) is 78.1 Å². The van der Waals surface area contributed by atoms with Crippen LogP contribution >= 0.6 is 0 Å². The molecule has 3 rings (SSSR count). The van der Waals surface area contributed by atoms with Crippen LogP contribution in [0.5, 0.6) is 5.75 Å². The summed E-state index contributed by atoms with van der Waals surface area (Å²) in [7, 11) is 0. The van der Waals surface area contributed by atoms with Crippen molar-refractivity contribution in [3.05, 3.63) is 36.7 Å². The molecular formula is C14H13N3O2. The first kappa shape index (κ1) is 11.6. The third kappa shape index (κ3) is 2.70. The van der Waals surface area contributed by atoms with Gasteiger partial charge in [0.25, 0.3) is 0 Å². The third-order valence-electron chi connectivity index (χ3n) is 2.99. The van der Waals surface area contributed by atoms with Crippen LogP contribution in [0.3, 0.4) is 0 Å². The largest absolute Gasteiger partial charge is 0.426 e. The number of nitrogens with zero attached hydrogens (tertiary/aromatic N) is 2. The molecule has 0 aliphatic heterocycles. The Kier molecular flexibility index (Phi) is 2.87. The Bertz CT molecular complexity index is 589. The molecule has 1 heterocycles. The fourth-order valence-corrected chi connectivity index (χ4v) is 1.72. The van der Waals surface area contributed by atoms with Crippen LogP contribution < -0.4 is 10.5 Å². The molecule has 5 nitrogen and oxygen atoms in total. The molecule has 0 bridgehead atoms. The van der Waals surface area contributed by atoms with Gasteiger partial charge < -0.3 is 10.5 Å². The maximum atomic E-state index is 11.5. The van der Waals surface area contributed by atoms with E-state index >= 15 is 0 Å². The van der Waals surface area contributed by atoms with Gasteiger partial charge in [-0.05, 0) is 30.5 Å². The Morgan fingerprint density at radius 2 is 1.74 bits per heavy atom. The molecule has 1 aromatic heterocycles. The van der Waals surface area contributed by atoms with E-state index in [2.05, 4.69) is 9.97 Å². The lowest BCUT2D eigenvalue weighted by molar-refractivity contribution is -0.135. The number of anilines is 1. The third-order valence-corrected chi connectivity index (χ3v) is 2.99. The van der Waals surface area contributed by atoms with Crippen molar-refractivity contribution in [2.24, 2.45) is 5.92 Å². The molecule has 0 unspecified atom stereocenters. The highest BCUT2D eigenvalue weighted by Crippen LogP contribution is 2.31. The van der Waals surface area contributed by atoms with Crippen molar-refractivity contribution in [3.63, 3.8) is 0 Å². The van der Waals surface area contributed by atoms with Gasteiger partial charge in [-0.1, -0.05) is 12.1 Å². The predicted molar refractivity (Wildman–Crippen MR) is 70.2 cm³/mol. The Hall–Kier alpha value is -2.43. The van der Waals surface area contributed by atoms with E-state index in [4.69, 9.17) is 10.5 Å². The van der Waals surface area contributed by atoms with Gasteiger partial charge in [0.15, 0.2) is 0 Å². The molecule has 1 aliphatic carbocycles. The van der Waals surface area contributed by atoms with Crippen molar-refractivity contribution in [2.75, 3.05) is 5.73 Å². The van der Waals surface area contributed by atoms with Gasteiger partial charge in [-0.25, -0.2) is 9.97 Å². The SMILES string of the molecule is Nc1ncc(-c2ccc(OC(=O)C3CC3)cc2)cn1. The van der Waals surface area contributed by atoms with E-state index < -0.39 is 0 Å². The average molecular weight is 255 g/mol. The first-order valence-electron chi connectivity index (χ1n) is 6.12. The summed E-state index contributed by atoms with van der Waals surface area (Å²) >= 11 is 0. The van der Waals surface area contributed by atoms with Crippen molar-refractivity contribution in [1.29, 1.82) is 0 Å². The molecule has 2 N–H and O–H groups in total. The second kappa shape index (κ2) is 4.68. The van der Waals surface area contributed by atoms with Gasteiger partial charge in [-0.15, -0.1) is 0 Å². The molecule has 5 heteroatoms. The van der Waals surface area contributed by atoms with Crippen LogP contribution in [0.2, 0.25) is 0 Å². The fraction of sp³-hybridized carbons (Fsp3) is 0.214. The number of hydrogen-bond donors (Lipinski definition) is 1. The van der Waals surface area contributed by atoms with Crippen molar-refractivity contribution >= 4 is 11.9 Å². The Morgan fingerprint density at radius 3 is 2.32 bits per heavy atom. The van der Waals surface area contributed by atoms with Gasteiger partial charge in [0.05, 0.1) is 5.92 Å². The molecule has 0 saturated heterocycles. The van der Waals surface area contributed by atoms with E-state index in [9.17, 15) is 4.79 Å². The molecule has 1 saturated carbocycles. The molecule has 2 aromatic rings. The summed E-state index contributed by atoms with van der Waals surface area (Å²) in [4.78, 5) is 19.4. The lowest BCUT2D eigenvalue weighted by Crippen LogP contribution is -2.09. The number of hydrogen-bond acceptors (Lipinski definition) is 5. The van der Waals surface area contributed by atoms with Crippen LogP contribution in [-0.4, -0.2) is 15.9 Å². The van der Waals surface area contributed by atoms with Crippen LogP contribution in [0.1, 0.15) is 12.8 Å². The second-order valence-corrected chi connectivity index (χ2v) is 4.55. The molecule has 1 aromatic carbocycles. The van der Waals surface area contributed by atoms with E-state index in [1.807, 2.05) is 12.1 Å². The zero-order chi connectivity index (χ0) is 13.2. The average Bonchev–Trinajstić information content (AvgIpc) is 3.25. The van der Waals surface area contributed by atoms with E-state index in [0.29, 0.717) is 5.75 Å². The van der Waals surface area contributed by atoms with Gasteiger partial charge in [0, 0.05) is 18.0 Å². The molecule has 1 aliphatic rings. The maximum absolute atomic E-state index is 11.5. The lowest BCUT2D eigenvalue weighted by Gasteiger charge is -2.05. The van der Waals surface area contributed by atoms with Crippen molar-refractivity contribution in [2.45, 2.75) is 12.8 Å². The van der Waals surface area contributed by atoms with Crippen LogP contribution in [0.25, 0.3) is 11.1 Å². The highest BCUT2D eigenvalue weighted by atomic mass is 16.5. The molecule has 0 spiro atoms. The minimum absolute atomic E-state index is 0.102. The summed E-state index contributed by atoms with van der Waals surface area (Å²) in [5.74, 6) is 0.782. The Morgan fingerprint density at radius 1 is 1.11 bits per heavy atom. The van der Waals surface area contributed by atoms with Crippen LogP contribution in [0.15, 0.2) is 36.7 Å². The Labute approximate surface area is 110 Å².